The van der Waals surface area contributed by atoms with Gasteiger partial charge in [-0.05, 0) is 71.2 Å². The Labute approximate surface area is 127 Å². The molecule has 0 spiro atoms. The molecule has 4 nitrogen and oxygen atoms in total. The van der Waals surface area contributed by atoms with Gasteiger partial charge in [0.25, 0.3) is 10.0 Å². The van der Waals surface area contributed by atoms with Gasteiger partial charge >= 0.3 is 0 Å². The topological polar surface area (TPSA) is 72.2 Å². The van der Waals surface area contributed by atoms with Crippen molar-refractivity contribution < 1.29 is 8.42 Å². The van der Waals surface area contributed by atoms with Gasteiger partial charge in [0, 0.05) is 15.8 Å². The molecule has 0 bridgehead atoms. The molecule has 0 radical (unpaired) electrons. The van der Waals surface area contributed by atoms with Gasteiger partial charge in [-0.15, -0.1) is 0 Å². The highest BCUT2D eigenvalue weighted by atomic mass is 79.9. The largest absolute Gasteiger partial charge is 0.398 e. The van der Waals surface area contributed by atoms with Crippen LogP contribution in [-0.4, -0.2) is 8.42 Å². The van der Waals surface area contributed by atoms with E-state index in [0.717, 1.165) is 11.1 Å². The maximum absolute atomic E-state index is 12.3. The van der Waals surface area contributed by atoms with E-state index in [9.17, 15) is 8.42 Å². The van der Waals surface area contributed by atoms with Crippen LogP contribution >= 0.6 is 15.9 Å². The minimum absolute atomic E-state index is 0.136. The number of anilines is 2. The first-order valence-electron chi connectivity index (χ1n) is 5.95. The molecule has 2 aromatic carbocycles. The zero-order chi connectivity index (χ0) is 14.9. The number of halogens is 1. The summed E-state index contributed by atoms with van der Waals surface area (Å²) in [5.74, 6) is 0. The molecule has 0 atom stereocenters. The number of rotatable bonds is 3. The van der Waals surface area contributed by atoms with E-state index in [4.69, 9.17) is 5.73 Å². The van der Waals surface area contributed by atoms with Crippen LogP contribution in [0.1, 0.15) is 11.1 Å². The summed E-state index contributed by atoms with van der Waals surface area (Å²) in [5, 5.41) is 0. The number of nitrogen functional groups attached to an aromatic ring is 1. The molecule has 0 heterocycles. The van der Waals surface area contributed by atoms with Crippen molar-refractivity contribution in [3.05, 3.63) is 52.0 Å². The summed E-state index contributed by atoms with van der Waals surface area (Å²) in [7, 11) is -3.63. The van der Waals surface area contributed by atoms with Gasteiger partial charge < -0.3 is 5.73 Å². The summed E-state index contributed by atoms with van der Waals surface area (Å²) in [6.07, 6.45) is 0. The summed E-state index contributed by atoms with van der Waals surface area (Å²) in [6, 6.07) is 9.96. The van der Waals surface area contributed by atoms with Crippen molar-refractivity contribution in [1.82, 2.24) is 0 Å². The van der Waals surface area contributed by atoms with E-state index in [0.29, 0.717) is 15.8 Å². The van der Waals surface area contributed by atoms with Crippen LogP contribution in [0.2, 0.25) is 0 Å². The van der Waals surface area contributed by atoms with Gasteiger partial charge in [-0.3, -0.25) is 4.72 Å². The quantitative estimate of drug-likeness (QED) is 0.829. The summed E-state index contributed by atoms with van der Waals surface area (Å²) in [6.45, 7) is 3.91. The highest BCUT2D eigenvalue weighted by Crippen LogP contribution is 2.24. The molecule has 20 heavy (non-hydrogen) atoms. The van der Waals surface area contributed by atoms with Gasteiger partial charge in [-0.1, -0.05) is 6.07 Å². The van der Waals surface area contributed by atoms with Crippen LogP contribution in [0.15, 0.2) is 45.8 Å². The lowest BCUT2D eigenvalue weighted by atomic mass is 10.1. The van der Waals surface area contributed by atoms with Crippen LogP contribution < -0.4 is 10.5 Å². The summed E-state index contributed by atoms with van der Waals surface area (Å²) in [5.41, 5.74) is 8.77. The third-order valence-electron chi connectivity index (χ3n) is 3.04. The number of sulfonamides is 1. The Balaban J connectivity index is 2.35. The van der Waals surface area contributed by atoms with Crippen LogP contribution in [-0.2, 0) is 10.0 Å². The molecule has 2 rings (SSSR count). The van der Waals surface area contributed by atoms with Gasteiger partial charge in [0.05, 0.1) is 4.90 Å². The van der Waals surface area contributed by atoms with Crippen LogP contribution in [0.5, 0.6) is 0 Å². The van der Waals surface area contributed by atoms with E-state index in [2.05, 4.69) is 20.7 Å². The average molecular weight is 355 g/mol. The third-order valence-corrected chi connectivity index (χ3v) is 5.14. The normalized spacial score (nSPS) is 11.3. The van der Waals surface area contributed by atoms with E-state index in [-0.39, 0.29) is 4.90 Å². The van der Waals surface area contributed by atoms with Crippen molar-refractivity contribution in [3.8, 4) is 0 Å². The first kappa shape index (κ1) is 14.9. The summed E-state index contributed by atoms with van der Waals surface area (Å²) >= 11 is 3.24. The Hall–Kier alpha value is -1.53. The highest BCUT2D eigenvalue weighted by molar-refractivity contribution is 9.10. The molecular weight excluding hydrogens is 340 g/mol. The first-order chi connectivity index (χ1) is 9.29. The maximum atomic E-state index is 12.3. The molecule has 2 aromatic rings. The summed E-state index contributed by atoms with van der Waals surface area (Å²) < 4.78 is 27.8. The number of aryl methyl sites for hydroxylation is 2. The lowest BCUT2D eigenvalue weighted by Gasteiger charge is -2.10. The minimum atomic E-state index is -3.63. The Morgan fingerprint density at radius 3 is 2.35 bits per heavy atom. The van der Waals surface area contributed by atoms with Crippen molar-refractivity contribution in [2.24, 2.45) is 0 Å². The number of nitrogens with two attached hydrogens (primary N) is 1. The van der Waals surface area contributed by atoms with Crippen LogP contribution in [0.25, 0.3) is 0 Å². The SMILES string of the molecule is Cc1ccc(NS(=O)(=O)c2ccc(Br)c(N)c2)cc1C. The van der Waals surface area contributed by atoms with Crippen molar-refractivity contribution in [3.63, 3.8) is 0 Å². The fourth-order valence-electron chi connectivity index (χ4n) is 1.71. The molecule has 106 valence electrons. The van der Waals surface area contributed by atoms with E-state index in [1.165, 1.54) is 12.1 Å². The minimum Gasteiger partial charge on any atom is -0.398 e. The second-order valence-electron chi connectivity index (χ2n) is 4.59. The molecule has 6 heteroatoms. The molecule has 3 N–H and O–H groups in total. The first-order valence-corrected chi connectivity index (χ1v) is 8.22. The van der Waals surface area contributed by atoms with Gasteiger partial charge in [0.2, 0.25) is 0 Å². The Morgan fingerprint density at radius 2 is 1.75 bits per heavy atom. The molecule has 0 unspecified atom stereocenters. The van der Waals surface area contributed by atoms with E-state index >= 15 is 0 Å². The molecule has 0 aromatic heterocycles. The molecule has 0 aliphatic carbocycles. The number of hydrogen-bond donors (Lipinski definition) is 2. The molecule has 0 aliphatic heterocycles. The maximum Gasteiger partial charge on any atom is 0.261 e. The lowest BCUT2D eigenvalue weighted by Crippen LogP contribution is -2.13. The molecule has 0 aliphatic rings. The Bertz CT molecular complexity index is 758. The van der Waals surface area contributed by atoms with Gasteiger partial charge in [0.1, 0.15) is 0 Å². The number of nitrogens with one attached hydrogen (secondary N) is 1. The highest BCUT2D eigenvalue weighted by Gasteiger charge is 2.15. The number of benzene rings is 2. The van der Waals surface area contributed by atoms with E-state index in [1.54, 1.807) is 18.2 Å². The third kappa shape index (κ3) is 3.13. The van der Waals surface area contributed by atoms with Crippen molar-refractivity contribution >= 4 is 37.3 Å². The molecule has 0 amide bonds. The Morgan fingerprint density at radius 1 is 1.05 bits per heavy atom. The predicted octanol–water partition coefficient (Wildman–Crippen LogP) is 3.45. The zero-order valence-corrected chi connectivity index (χ0v) is 13.5. The standard InChI is InChI=1S/C14H15BrN2O2S/c1-9-3-4-11(7-10(9)2)17-20(18,19)12-5-6-13(15)14(16)8-12/h3-8,17H,16H2,1-2H3. The number of hydrogen-bond acceptors (Lipinski definition) is 3. The van der Waals surface area contributed by atoms with Gasteiger partial charge in [0.15, 0.2) is 0 Å². The molecule has 0 saturated heterocycles. The molecule has 0 saturated carbocycles. The lowest BCUT2D eigenvalue weighted by molar-refractivity contribution is 0.601. The average Bonchev–Trinajstić information content (AvgIpc) is 2.37. The van der Waals surface area contributed by atoms with E-state index in [1.807, 2.05) is 19.9 Å². The smallest absolute Gasteiger partial charge is 0.261 e. The van der Waals surface area contributed by atoms with Crippen molar-refractivity contribution in [2.45, 2.75) is 18.7 Å². The van der Waals surface area contributed by atoms with Crippen LogP contribution in [0, 0.1) is 13.8 Å². The van der Waals surface area contributed by atoms with Crippen molar-refractivity contribution in [1.29, 1.82) is 0 Å². The predicted molar refractivity (Wildman–Crippen MR) is 85.3 cm³/mol. The van der Waals surface area contributed by atoms with Crippen molar-refractivity contribution in [2.75, 3.05) is 10.5 Å². The Kier molecular flexibility index (Phi) is 4.06. The second kappa shape index (κ2) is 5.46. The second-order valence-corrected chi connectivity index (χ2v) is 7.12. The molecule has 0 fully saturated rings. The van der Waals surface area contributed by atoms with Crippen LogP contribution in [0.4, 0.5) is 11.4 Å². The fraction of sp³-hybridized carbons (Fsp3) is 0.143. The molecular formula is C14H15BrN2O2S. The van der Waals surface area contributed by atoms with E-state index < -0.39 is 10.0 Å². The van der Waals surface area contributed by atoms with Crippen LogP contribution in [0.3, 0.4) is 0 Å². The zero-order valence-electron chi connectivity index (χ0n) is 11.1. The van der Waals surface area contributed by atoms with Gasteiger partial charge in [-0.25, -0.2) is 8.42 Å². The van der Waals surface area contributed by atoms with Gasteiger partial charge in [-0.2, -0.15) is 0 Å². The monoisotopic (exact) mass is 354 g/mol. The summed E-state index contributed by atoms with van der Waals surface area (Å²) in [4.78, 5) is 0.136. The fourth-order valence-corrected chi connectivity index (χ4v) is 3.04.